The minimum absolute atomic E-state index is 0.0819. The van der Waals surface area contributed by atoms with Gasteiger partial charge in [0.2, 0.25) is 0 Å². The van der Waals surface area contributed by atoms with Crippen molar-refractivity contribution in [3.8, 4) is 0 Å². The molecule has 0 aromatic heterocycles. The van der Waals surface area contributed by atoms with Crippen molar-refractivity contribution in [1.29, 1.82) is 0 Å². The molecule has 5 heteroatoms. The molecule has 80 valence electrons. The van der Waals surface area contributed by atoms with Crippen LogP contribution >= 0.6 is 0 Å². The highest BCUT2D eigenvalue weighted by atomic mass is 16.5. The Morgan fingerprint density at radius 3 is 2.86 bits per heavy atom. The minimum atomic E-state index is -0.838. The van der Waals surface area contributed by atoms with Crippen LogP contribution in [0.1, 0.15) is 19.3 Å². The molecular weight excluding hydrogens is 188 g/mol. The first-order chi connectivity index (χ1) is 6.63. The predicted octanol–water partition coefficient (Wildman–Crippen LogP) is 0.429. The van der Waals surface area contributed by atoms with E-state index in [9.17, 15) is 9.59 Å². The van der Waals surface area contributed by atoms with Crippen molar-refractivity contribution in [1.82, 2.24) is 0 Å². The Kier molecular flexibility index (Phi) is 3.88. The second-order valence-corrected chi connectivity index (χ2v) is 3.34. The third-order valence-corrected chi connectivity index (χ3v) is 2.30. The van der Waals surface area contributed by atoms with Crippen LogP contribution in [0.5, 0.6) is 0 Å². The van der Waals surface area contributed by atoms with Crippen molar-refractivity contribution in [2.24, 2.45) is 5.92 Å². The number of hydrogen-bond donors (Lipinski definition) is 1. The molecule has 0 spiro atoms. The lowest BCUT2D eigenvalue weighted by molar-refractivity contribution is -0.145. The Bertz CT molecular complexity index is 225. The summed E-state index contributed by atoms with van der Waals surface area (Å²) in [6.07, 6.45) is 0.997. The fraction of sp³-hybridized carbons (Fsp3) is 0.778. The number of methoxy groups -OCH3 is 1. The Hall–Kier alpha value is -1.10. The summed E-state index contributed by atoms with van der Waals surface area (Å²) >= 11 is 0. The summed E-state index contributed by atoms with van der Waals surface area (Å²) in [5.41, 5.74) is 0. The summed E-state index contributed by atoms with van der Waals surface area (Å²) in [7, 11) is 1.34. The topological polar surface area (TPSA) is 72.8 Å². The van der Waals surface area contributed by atoms with E-state index in [1.807, 2.05) is 0 Å². The fourth-order valence-corrected chi connectivity index (χ4v) is 1.52. The van der Waals surface area contributed by atoms with E-state index < -0.39 is 5.97 Å². The van der Waals surface area contributed by atoms with E-state index in [4.69, 9.17) is 9.84 Å². The number of carboxylic acid groups (broad SMARTS) is 1. The van der Waals surface area contributed by atoms with Gasteiger partial charge < -0.3 is 14.6 Å². The molecule has 1 saturated heterocycles. The molecule has 1 rings (SSSR count). The predicted molar refractivity (Wildman–Crippen MR) is 46.7 cm³/mol. The van der Waals surface area contributed by atoms with E-state index in [1.54, 1.807) is 0 Å². The quantitative estimate of drug-likeness (QED) is 0.669. The molecule has 14 heavy (non-hydrogen) atoms. The number of ether oxygens (including phenoxy) is 2. The third kappa shape index (κ3) is 2.99. The molecule has 1 fully saturated rings. The highest BCUT2D eigenvalue weighted by Crippen LogP contribution is 2.23. The van der Waals surface area contributed by atoms with Gasteiger partial charge in [-0.3, -0.25) is 9.59 Å². The molecule has 0 aromatic carbocycles. The number of hydrogen-bond acceptors (Lipinski definition) is 4. The van der Waals surface area contributed by atoms with Crippen LogP contribution in [0, 0.1) is 5.92 Å². The molecule has 1 aliphatic rings. The zero-order chi connectivity index (χ0) is 10.6. The van der Waals surface area contributed by atoms with E-state index in [1.165, 1.54) is 7.11 Å². The van der Waals surface area contributed by atoms with Gasteiger partial charge in [0.1, 0.15) is 0 Å². The largest absolute Gasteiger partial charge is 0.481 e. The van der Waals surface area contributed by atoms with E-state index >= 15 is 0 Å². The van der Waals surface area contributed by atoms with Gasteiger partial charge >= 0.3 is 11.9 Å². The molecule has 0 amide bonds. The Morgan fingerprint density at radius 2 is 2.29 bits per heavy atom. The minimum Gasteiger partial charge on any atom is -0.481 e. The summed E-state index contributed by atoms with van der Waals surface area (Å²) in [6, 6.07) is 0. The summed E-state index contributed by atoms with van der Waals surface area (Å²) in [5.74, 6) is -1.34. The van der Waals surface area contributed by atoms with Crippen LogP contribution in [0.25, 0.3) is 0 Å². The number of carboxylic acids is 1. The first kappa shape index (κ1) is 11.0. The maximum absolute atomic E-state index is 11.1. The SMILES string of the molecule is COC(=O)[C@@H]1CO[C@H](CCC(=O)O)C1. The van der Waals surface area contributed by atoms with Crippen LogP contribution in [0.4, 0.5) is 0 Å². The van der Waals surface area contributed by atoms with Gasteiger partial charge in [-0.1, -0.05) is 0 Å². The molecule has 0 aliphatic carbocycles. The maximum Gasteiger partial charge on any atom is 0.311 e. The standard InChI is InChI=1S/C9H14O5/c1-13-9(12)6-4-7(14-5-6)2-3-8(10)11/h6-7H,2-5H2,1H3,(H,10,11)/t6-,7+/m0/s1. The molecule has 0 radical (unpaired) electrons. The Labute approximate surface area is 82.0 Å². The second-order valence-electron chi connectivity index (χ2n) is 3.34. The van der Waals surface area contributed by atoms with Crippen molar-refractivity contribution in [3.63, 3.8) is 0 Å². The number of carbonyl (C=O) groups is 2. The van der Waals surface area contributed by atoms with Gasteiger partial charge in [0.05, 0.1) is 25.7 Å². The molecule has 5 nitrogen and oxygen atoms in total. The number of carbonyl (C=O) groups excluding carboxylic acids is 1. The Balaban J connectivity index is 2.27. The first-order valence-electron chi connectivity index (χ1n) is 4.54. The maximum atomic E-state index is 11.1. The van der Waals surface area contributed by atoms with Crippen LogP contribution in [0.2, 0.25) is 0 Å². The van der Waals surface area contributed by atoms with Gasteiger partial charge in [-0.2, -0.15) is 0 Å². The summed E-state index contributed by atoms with van der Waals surface area (Å²) in [4.78, 5) is 21.4. The average Bonchev–Trinajstić information content (AvgIpc) is 2.62. The lowest BCUT2D eigenvalue weighted by atomic mass is 10.0. The summed E-state index contributed by atoms with van der Waals surface area (Å²) in [5, 5.41) is 8.45. The van der Waals surface area contributed by atoms with Crippen molar-refractivity contribution in [2.75, 3.05) is 13.7 Å². The molecule has 1 aliphatic heterocycles. The monoisotopic (exact) mass is 202 g/mol. The van der Waals surface area contributed by atoms with Gasteiger partial charge in [0, 0.05) is 6.42 Å². The van der Waals surface area contributed by atoms with Gasteiger partial charge in [0.25, 0.3) is 0 Å². The first-order valence-corrected chi connectivity index (χ1v) is 4.54. The highest BCUT2D eigenvalue weighted by Gasteiger charge is 2.31. The zero-order valence-electron chi connectivity index (χ0n) is 8.06. The average molecular weight is 202 g/mol. The number of aliphatic carboxylic acids is 1. The fourth-order valence-electron chi connectivity index (χ4n) is 1.52. The van der Waals surface area contributed by atoms with Gasteiger partial charge in [0.15, 0.2) is 0 Å². The normalized spacial score (nSPS) is 26.1. The lowest BCUT2D eigenvalue weighted by Gasteiger charge is -2.06. The van der Waals surface area contributed by atoms with Crippen molar-refractivity contribution >= 4 is 11.9 Å². The molecule has 0 bridgehead atoms. The molecule has 0 saturated carbocycles. The Morgan fingerprint density at radius 1 is 1.57 bits per heavy atom. The van der Waals surface area contributed by atoms with Crippen molar-refractivity contribution in [3.05, 3.63) is 0 Å². The summed E-state index contributed by atoms with van der Waals surface area (Å²) in [6.45, 7) is 0.344. The van der Waals surface area contributed by atoms with Crippen molar-refractivity contribution < 1.29 is 24.2 Å². The van der Waals surface area contributed by atoms with Crippen LogP contribution in [0.15, 0.2) is 0 Å². The lowest BCUT2D eigenvalue weighted by Crippen LogP contribution is -2.16. The number of esters is 1. The van der Waals surface area contributed by atoms with Crippen molar-refractivity contribution in [2.45, 2.75) is 25.4 Å². The van der Waals surface area contributed by atoms with Gasteiger partial charge in [-0.15, -0.1) is 0 Å². The zero-order valence-corrected chi connectivity index (χ0v) is 8.06. The van der Waals surface area contributed by atoms with Crippen LogP contribution in [-0.4, -0.2) is 36.9 Å². The molecule has 1 N–H and O–H groups in total. The summed E-state index contributed by atoms with van der Waals surface area (Å²) < 4.78 is 9.85. The van der Waals surface area contributed by atoms with Gasteiger partial charge in [-0.25, -0.2) is 0 Å². The molecule has 0 aromatic rings. The molecule has 2 atom stereocenters. The van der Waals surface area contributed by atoms with E-state index in [0.29, 0.717) is 19.4 Å². The molecule has 0 unspecified atom stereocenters. The van der Waals surface area contributed by atoms with Gasteiger partial charge in [-0.05, 0) is 12.8 Å². The third-order valence-electron chi connectivity index (χ3n) is 2.30. The van der Waals surface area contributed by atoms with Crippen LogP contribution in [-0.2, 0) is 19.1 Å². The molecular formula is C9H14O5. The highest BCUT2D eigenvalue weighted by molar-refractivity contribution is 5.72. The van der Waals surface area contributed by atoms with E-state index in [0.717, 1.165) is 0 Å². The smallest absolute Gasteiger partial charge is 0.311 e. The van der Waals surface area contributed by atoms with E-state index in [-0.39, 0.29) is 24.4 Å². The van der Waals surface area contributed by atoms with Crippen LogP contribution in [0.3, 0.4) is 0 Å². The molecule has 1 heterocycles. The second kappa shape index (κ2) is 4.95. The number of rotatable bonds is 4. The van der Waals surface area contributed by atoms with E-state index in [2.05, 4.69) is 4.74 Å². The van der Waals surface area contributed by atoms with Crippen LogP contribution < -0.4 is 0 Å².